The van der Waals surface area contributed by atoms with Gasteiger partial charge in [0.1, 0.15) is 0 Å². The van der Waals surface area contributed by atoms with Gasteiger partial charge >= 0.3 is 0 Å². The summed E-state index contributed by atoms with van der Waals surface area (Å²) in [6.07, 6.45) is 6.69. The Kier molecular flexibility index (Phi) is 6.83. The van der Waals surface area contributed by atoms with Crippen molar-refractivity contribution in [2.75, 3.05) is 39.0 Å². The van der Waals surface area contributed by atoms with Gasteiger partial charge in [-0.1, -0.05) is 32.5 Å². The van der Waals surface area contributed by atoms with Gasteiger partial charge in [0.2, 0.25) is 0 Å². The average molecular weight is 339 g/mol. The van der Waals surface area contributed by atoms with Crippen LogP contribution >= 0.6 is 11.8 Å². The van der Waals surface area contributed by atoms with Gasteiger partial charge in [0.25, 0.3) is 0 Å². The van der Waals surface area contributed by atoms with E-state index in [2.05, 4.69) is 40.5 Å². The van der Waals surface area contributed by atoms with Crippen molar-refractivity contribution in [2.24, 2.45) is 5.41 Å². The molecule has 1 atom stereocenters. The minimum atomic E-state index is 0.255. The number of aliphatic hydroxyl groups is 1. The predicted molar refractivity (Wildman–Crippen MR) is 95.6 cm³/mol. The molecule has 0 radical (unpaired) electrons. The fraction of sp³-hybridized carbons (Fsp3) is 0.765. The number of aromatic nitrogens is 2. The smallest absolute Gasteiger partial charge is 0.187 e. The molecule has 0 saturated carbocycles. The molecule has 1 aliphatic heterocycles. The molecular formula is C17H30N4OS. The molecule has 1 fully saturated rings. The summed E-state index contributed by atoms with van der Waals surface area (Å²) >= 11 is 1.57. The van der Waals surface area contributed by atoms with Gasteiger partial charge in [0.15, 0.2) is 5.16 Å². The first kappa shape index (κ1) is 18.6. The van der Waals surface area contributed by atoms with Crippen LogP contribution < -0.4 is 0 Å². The van der Waals surface area contributed by atoms with Crippen LogP contribution in [0.4, 0.5) is 0 Å². The monoisotopic (exact) mass is 338 g/mol. The molecule has 1 saturated heterocycles. The minimum Gasteiger partial charge on any atom is -0.396 e. The largest absolute Gasteiger partial charge is 0.396 e. The van der Waals surface area contributed by atoms with Crippen molar-refractivity contribution in [3.8, 4) is 0 Å². The second-order valence-electron chi connectivity index (χ2n) is 7.51. The summed E-state index contributed by atoms with van der Waals surface area (Å²) in [7, 11) is 0. The summed E-state index contributed by atoms with van der Waals surface area (Å²) in [5, 5.41) is 10.2. The van der Waals surface area contributed by atoms with E-state index in [4.69, 9.17) is 0 Å². The zero-order valence-electron chi connectivity index (χ0n) is 14.8. The Hall–Kier alpha value is -0.690. The lowest BCUT2D eigenvalue weighted by Crippen LogP contribution is -2.54. The Balaban J connectivity index is 1.94. The van der Waals surface area contributed by atoms with Gasteiger partial charge < -0.3 is 5.11 Å². The number of hydrogen-bond donors (Lipinski definition) is 1. The van der Waals surface area contributed by atoms with Crippen LogP contribution in [0.25, 0.3) is 0 Å². The van der Waals surface area contributed by atoms with Crippen molar-refractivity contribution < 1.29 is 5.11 Å². The molecule has 1 N–H and O–H groups in total. The average Bonchev–Trinajstić information content (AvgIpc) is 2.50. The van der Waals surface area contributed by atoms with E-state index in [9.17, 15) is 5.11 Å². The van der Waals surface area contributed by atoms with Crippen LogP contribution in [0.15, 0.2) is 17.6 Å². The lowest BCUT2D eigenvalue weighted by molar-refractivity contribution is 0.0339. The first-order valence-electron chi connectivity index (χ1n) is 8.33. The van der Waals surface area contributed by atoms with Crippen LogP contribution in [0, 0.1) is 5.41 Å². The molecule has 1 aromatic heterocycles. The van der Waals surface area contributed by atoms with E-state index in [0.717, 1.165) is 49.9 Å². The number of hydrogen-bond acceptors (Lipinski definition) is 6. The maximum absolute atomic E-state index is 9.40. The van der Waals surface area contributed by atoms with E-state index in [1.807, 2.05) is 18.6 Å². The highest BCUT2D eigenvalue weighted by Crippen LogP contribution is 2.22. The minimum absolute atomic E-state index is 0.255. The zero-order valence-corrected chi connectivity index (χ0v) is 15.6. The number of nitrogens with zero attached hydrogens (tertiary/aromatic N) is 4. The fourth-order valence-electron chi connectivity index (χ4n) is 3.13. The quantitative estimate of drug-likeness (QED) is 0.633. The maximum Gasteiger partial charge on any atom is 0.187 e. The fourth-order valence-corrected chi connectivity index (χ4v) is 3.45. The van der Waals surface area contributed by atoms with Gasteiger partial charge in [-0.25, -0.2) is 9.97 Å². The molecule has 0 spiro atoms. The third kappa shape index (κ3) is 6.03. The number of piperazine rings is 1. The van der Waals surface area contributed by atoms with Crippen molar-refractivity contribution in [1.82, 2.24) is 19.8 Å². The van der Waals surface area contributed by atoms with Gasteiger partial charge in [-0.2, -0.15) is 0 Å². The summed E-state index contributed by atoms with van der Waals surface area (Å²) in [4.78, 5) is 13.7. The Morgan fingerprint density at radius 2 is 1.96 bits per heavy atom. The molecule has 0 bridgehead atoms. The second-order valence-corrected chi connectivity index (χ2v) is 8.28. The molecule has 0 unspecified atom stereocenters. The molecule has 130 valence electrons. The molecule has 6 heteroatoms. The van der Waals surface area contributed by atoms with Gasteiger partial charge in [-0.3, -0.25) is 9.80 Å². The van der Waals surface area contributed by atoms with Crippen molar-refractivity contribution in [3.63, 3.8) is 0 Å². The molecule has 5 nitrogen and oxygen atoms in total. The van der Waals surface area contributed by atoms with Gasteiger partial charge in [-0.05, 0) is 18.1 Å². The Bertz CT molecular complexity index is 474. The Morgan fingerprint density at radius 1 is 1.26 bits per heavy atom. The van der Waals surface area contributed by atoms with Gasteiger partial charge in [0, 0.05) is 63.3 Å². The molecule has 2 rings (SSSR count). The highest BCUT2D eigenvalue weighted by Gasteiger charge is 2.29. The molecule has 23 heavy (non-hydrogen) atoms. The van der Waals surface area contributed by atoms with E-state index in [1.54, 1.807) is 11.8 Å². The molecule has 0 aliphatic carbocycles. The highest BCUT2D eigenvalue weighted by molar-refractivity contribution is 7.98. The highest BCUT2D eigenvalue weighted by atomic mass is 32.2. The van der Waals surface area contributed by atoms with Gasteiger partial charge in [0.05, 0.1) is 0 Å². The van der Waals surface area contributed by atoms with Crippen LogP contribution in [0.1, 0.15) is 32.8 Å². The molecule has 1 aliphatic rings. The topological polar surface area (TPSA) is 52.5 Å². The van der Waals surface area contributed by atoms with Crippen molar-refractivity contribution in [3.05, 3.63) is 18.0 Å². The van der Waals surface area contributed by atoms with Crippen LogP contribution in [-0.4, -0.2) is 70.0 Å². The number of rotatable bonds is 6. The van der Waals surface area contributed by atoms with Crippen molar-refractivity contribution in [1.29, 1.82) is 0 Å². The maximum atomic E-state index is 9.40. The lowest BCUT2D eigenvalue weighted by atomic mass is 9.94. The molecule has 1 aromatic rings. The van der Waals surface area contributed by atoms with Crippen LogP contribution in [0.2, 0.25) is 0 Å². The predicted octanol–water partition coefficient (Wildman–Crippen LogP) is 2.11. The first-order chi connectivity index (χ1) is 10.9. The normalized spacial score (nSPS) is 20.8. The summed E-state index contributed by atoms with van der Waals surface area (Å²) in [5.74, 6) is 0. The summed E-state index contributed by atoms with van der Waals surface area (Å²) in [6, 6.07) is 0.430. The van der Waals surface area contributed by atoms with Crippen LogP contribution in [0.3, 0.4) is 0 Å². The molecule has 0 amide bonds. The van der Waals surface area contributed by atoms with Crippen LogP contribution in [-0.2, 0) is 6.54 Å². The molecular weight excluding hydrogens is 308 g/mol. The summed E-state index contributed by atoms with van der Waals surface area (Å²) in [6.45, 7) is 12.2. The second kappa shape index (κ2) is 8.42. The van der Waals surface area contributed by atoms with E-state index < -0.39 is 0 Å². The van der Waals surface area contributed by atoms with Gasteiger partial charge in [-0.15, -0.1) is 0 Å². The standard InChI is InChI=1S/C17H30N4OS/c1-17(2,3)13-21-7-6-20(12-15(21)5-8-22)11-14-9-18-16(23-4)19-10-14/h9-10,15,22H,5-8,11-13H2,1-4H3/t15-/m1/s1. The molecule has 0 aromatic carbocycles. The van der Waals surface area contributed by atoms with E-state index in [-0.39, 0.29) is 12.0 Å². The van der Waals surface area contributed by atoms with Crippen molar-refractivity contribution >= 4 is 11.8 Å². The Labute approximate surface area is 144 Å². The third-order valence-corrected chi connectivity index (χ3v) is 4.67. The number of aliphatic hydroxyl groups excluding tert-OH is 1. The van der Waals surface area contributed by atoms with Crippen molar-refractivity contribution in [2.45, 2.75) is 44.9 Å². The lowest BCUT2D eigenvalue weighted by Gasteiger charge is -2.43. The van der Waals surface area contributed by atoms with E-state index in [1.165, 1.54) is 0 Å². The zero-order chi connectivity index (χ0) is 16.9. The van der Waals surface area contributed by atoms with E-state index in [0.29, 0.717) is 6.04 Å². The Morgan fingerprint density at radius 3 is 2.52 bits per heavy atom. The summed E-state index contributed by atoms with van der Waals surface area (Å²) in [5.41, 5.74) is 1.45. The SMILES string of the molecule is CSc1ncc(CN2CCN(CC(C)(C)C)[C@H](CCO)C2)cn1. The molecule has 2 heterocycles. The number of thioether (sulfide) groups is 1. The van der Waals surface area contributed by atoms with Crippen LogP contribution in [0.5, 0.6) is 0 Å². The summed E-state index contributed by atoms with van der Waals surface area (Å²) < 4.78 is 0. The van der Waals surface area contributed by atoms with E-state index >= 15 is 0 Å². The first-order valence-corrected chi connectivity index (χ1v) is 9.56. The third-order valence-electron chi connectivity index (χ3n) is 4.10.